The fourth-order valence-corrected chi connectivity index (χ4v) is 2.14. The monoisotopic (exact) mass is 275 g/mol. The molecule has 2 aromatic rings. The molecule has 0 fully saturated rings. The predicted octanol–water partition coefficient (Wildman–Crippen LogP) is 2.07. The molecular weight excluding hydrogens is 254 g/mol. The van der Waals surface area contributed by atoms with Crippen molar-refractivity contribution in [2.75, 3.05) is 6.54 Å². The number of nitrogens with one attached hydrogen (secondary N) is 1. The Kier molecular flexibility index (Phi) is 5.12. The molecule has 2 heterocycles. The summed E-state index contributed by atoms with van der Waals surface area (Å²) in [5.41, 5.74) is 0.795. The number of aromatic hydroxyl groups is 1. The topological polar surface area (TPSA) is 66.6 Å². The summed E-state index contributed by atoms with van der Waals surface area (Å²) in [5, 5.41) is 13.0. The van der Waals surface area contributed by atoms with Crippen LogP contribution < -0.4 is 10.9 Å². The summed E-state index contributed by atoms with van der Waals surface area (Å²) in [6, 6.07) is 4.66. The van der Waals surface area contributed by atoms with Gasteiger partial charge in [-0.2, -0.15) is 0 Å². The molecule has 0 amide bonds. The van der Waals surface area contributed by atoms with E-state index in [0.717, 1.165) is 13.0 Å². The molecule has 0 aromatic carbocycles. The van der Waals surface area contributed by atoms with Gasteiger partial charge in [0, 0.05) is 18.8 Å². The van der Waals surface area contributed by atoms with E-state index >= 15 is 0 Å². The van der Waals surface area contributed by atoms with Gasteiger partial charge in [0.05, 0.1) is 5.69 Å². The Hall–Kier alpha value is -1.88. The highest BCUT2D eigenvalue weighted by Crippen LogP contribution is 2.13. The zero-order valence-electron chi connectivity index (χ0n) is 11.8. The summed E-state index contributed by atoms with van der Waals surface area (Å²) in [6.07, 6.45) is 6.43. The highest BCUT2D eigenvalue weighted by atomic mass is 16.3. The molecule has 0 saturated heterocycles. The Morgan fingerprint density at radius 3 is 3.00 bits per heavy atom. The maximum absolute atomic E-state index is 11.9. The second-order valence-electron chi connectivity index (χ2n) is 4.91. The van der Waals surface area contributed by atoms with Gasteiger partial charge < -0.3 is 10.4 Å². The molecule has 0 atom stereocenters. The lowest BCUT2D eigenvalue weighted by Gasteiger charge is -2.06. The molecule has 0 saturated carbocycles. The van der Waals surface area contributed by atoms with Crippen LogP contribution in [0.5, 0.6) is 5.75 Å². The van der Waals surface area contributed by atoms with Crippen molar-refractivity contribution < 1.29 is 5.11 Å². The van der Waals surface area contributed by atoms with Gasteiger partial charge in [-0.3, -0.25) is 9.20 Å². The number of rotatable bonds is 7. The van der Waals surface area contributed by atoms with Crippen molar-refractivity contribution in [3.63, 3.8) is 0 Å². The number of hydrogen-bond donors (Lipinski definition) is 2. The number of hydrogen-bond acceptors (Lipinski definition) is 4. The summed E-state index contributed by atoms with van der Waals surface area (Å²) in [6.45, 7) is 3.65. The third-order valence-electron chi connectivity index (χ3n) is 3.24. The number of fused-ring (bicyclic) bond motifs is 1. The van der Waals surface area contributed by atoms with Gasteiger partial charge in [0.15, 0.2) is 11.4 Å². The molecule has 0 spiro atoms. The van der Waals surface area contributed by atoms with E-state index in [9.17, 15) is 9.90 Å². The first-order chi connectivity index (χ1) is 9.72. The molecule has 0 aliphatic carbocycles. The van der Waals surface area contributed by atoms with E-state index in [-0.39, 0.29) is 11.3 Å². The largest absolute Gasteiger partial charge is 0.504 e. The number of nitrogens with zero attached hydrogens (tertiary/aromatic N) is 2. The molecule has 20 heavy (non-hydrogen) atoms. The van der Waals surface area contributed by atoms with Crippen molar-refractivity contribution in [1.82, 2.24) is 14.7 Å². The summed E-state index contributed by atoms with van der Waals surface area (Å²) >= 11 is 0. The molecule has 0 unspecified atom stereocenters. The molecule has 2 aromatic heterocycles. The van der Waals surface area contributed by atoms with E-state index in [0.29, 0.717) is 17.9 Å². The Morgan fingerprint density at radius 1 is 1.35 bits per heavy atom. The van der Waals surface area contributed by atoms with Crippen LogP contribution in [0.3, 0.4) is 0 Å². The van der Waals surface area contributed by atoms with Gasteiger partial charge in [-0.05, 0) is 25.1 Å². The second-order valence-corrected chi connectivity index (χ2v) is 4.91. The van der Waals surface area contributed by atoms with E-state index in [1.165, 1.54) is 35.8 Å². The van der Waals surface area contributed by atoms with Gasteiger partial charge in [-0.15, -0.1) is 0 Å². The molecule has 2 N–H and O–H groups in total. The van der Waals surface area contributed by atoms with Gasteiger partial charge in [0.1, 0.15) is 0 Å². The van der Waals surface area contributed by atoms with E-state index in [4.69, 9.17) is 0 Å². The number of unbranched alkanes of at least 4 members (excludes halogenated alkanes) is 3. The van der Waals surface area contributed by atoms with Crippen molar-refractivity contribution in [3.8, 4) is 5.75 Å². The van der Waals surface area contributed by atoms with Gasteiger partial charge in [-0.1, -0.05) is 26.2 Å². The SMILES string of the molecule is CCCCCCNCc1cc(=O)n2cccc(O)c2n1. The van der Waals surface area contributed by atoms with Gasteiger partial charge in [0.2, 0.25) is 0 Å². The van der Waals surface area contributed by atoms with E-state index in [1.54, 1.807) is 12.3 Å². The summed E-state index contributed by atoms with van der Waals surface area (Å²) in [5.74, 6) is 0.0226. The maximum atomic E-state index is 11.9. The Balaban J connectivity index is 2.01. The predicted molar refractivity (Wildman–Crippen MR) is 79.0 cm³/mol. The van der Waals surface area contributed by atoms with Crippen LogP contribution in [0.1, 0.15) is 38.3 Å². The van der Waals surface area contributed by atoms with Gasteiger partial charge >= 0.3 is 0 Å². The molecule has 0 aliphatic rings. The third kappa shape index (κ3) is 3.57. The molecule has 0 bridgehead atoms. The zero-order chi connectivity index (χ0) is 14.4. The minimum Gasteiger partial charge on any atom is -0.504 e. The minimum absolute atomic E-state index is 0.0226. The second kappa shape index (κ2) is 7.05. The fraction of sp³-hybridized carbons (Fsp3) is 0.467. The number of pyridine rings is 1. The van der Waals surface area contributed by atoms with E-state index < -0.39 is 0 Å². The van der Waals surface area contributed by atoms with Crippen LogP contribution in [-0.4, -0.2) is 21.0 Å². The van der Waals surface area contributed by atoms with E-state index in [1.807, 2.05) is 0 Å². The quantitative estimate of drug-likeness (QED) is 0.759. The Bertz CT molecular complexity index is 622. The highest BCUT2D eigenvalue weighted by molar-refractivity contribution is 5.52. The van der Waals surface area contributed by atoms with Crippen molar-refractivity contribution >= 4 is 5.65 Å². The third-order valence-corrected chi connectivity index (χ3v) is 3.24. The first-order valence-electron chi connectivity index (χ1n) is 7.13. The lowest BCUT2D eigenvalue weighted by molar-refractivity contribution is 0.476. The van der Waals surface area contributed by atoms with Crippen molar-refractivity contribution in [3.05, 3.63) is 40.4 Å². The minimum atomic E-state index is -0.173. The highest BCUT2D eigenvalue weighted by Gasteiger charge is 2.05. The van der Waals surface area contributed by atoms with Crippen LogP contribution in [0.2, 0.25) is 0 Å². The molecule has 108 valence electrons. The van der Waals surface area contributed by atoms with Crippen LogP contribution in [-0.2, 0) is 6.54 Å². The van der Waals surface area contributed by atoms with Crippen LogP contribution >= 0.6 is 0 Å². The molecule has 2 rings (SSSR count). The summed E-state index contributed by atoms with van der Waals surface area (Å²) < 4.78 is 1.35. The van der Waals surface area contributed by atoms with Crippen molar-refractivity contribution in [2.24, 2.45) is 0 Å². The van der Waals surface area contributed by atoms with Crippen LogP contribution in [0.25, 0.3) is 5.65 Å². The normalized spacial score (nSPS) is 11.1. The van der Waals surface area contributed by atoms with Crippen LogP contribution in [0.4, 0.5) is 0 Å². The van der Waals surface area contributed by atoms with Crippen molar-refractivity contribution in [1.29, 1.82) is 0 Å². The van der Waals surface area contributed by atoms with E-state index in [2.05, 4.69) is 17.2 Å². The van der Waals surface area contributed by atoms with Crippen molar-refractivity contribution in [2.45, 2.75) is 39.2 Å². The molecule has 0 aliphatic heterocycles. The first-order valence-corrected chi connectivity index (χ1v) is 7.13. The average molecular weight is 275 g/mol. The van der Waals surface area contributed by atoms with Gasteiger partial charge in [0.25, 0.3) is 5.56 Å². The Labute approximate surface area is 118 Å². The fourth-order valence-electron chi connectivity index (χ4n) is 2.14. The average Bonchev–Trinajstić information content (AvgIpc) is 2.44. The van der Waals surface area contributed by atoms with Crippen LogP contribution in [0.15, 0.2) is 29.2 Å². The smallest absolute Gasteiger partial charge is 0.258 e. The maximum Gasteiger partial charge on any atom is 0.258 e. The molecular formula is C15H21N3O2. The number of aromatic nitrogens is 2. The van der Waals surface area contributed by atoms with Crippen LogP contribution in [0, 0.1) is 0 Å². The standard InChI is InChI=1S/C15H21N3O2/c1-2-3-4-5-8-16-11-12-10-14(20)18-9-6-7-13(19)15(18)17-12/h6-7,9-10,16,19H,2-5,8,11H2,1H3. The lowest BCUT2D eigenvalue weighted by Crippen LogP contribution is -2.20. The lowest BCUT2D eigenvalue weighted by atomic mass is 10.2. The molecule has 5 heteroatoms. The summed E-state index contributed by atoms with van der Waals surface area (Å²) in [4.78, 5) is 16.2. The molecule has 5 nitrogen and oxygen atoms in total. The zero-order valence-corrected chi connectivity index (χ0v) is 11.8. The molecule has 0 radical (unpaired) electrons. The first kappa shape index (κ1) is 14.5. The summed E-state index contributed by atoms with van der Waals surface area (Å²) in [7, 11) is 0. The van der Waals surface area contributed by atoms with Gasteiger partial charge in [-0.25, -0.2) is 4.98 Å². The Morgan fingerprint density at radius 2 is 2.20 bits per heavy atom.